The minimum atomic E-state index is 0.450. The third-order valence-electron chi connectivity index (χ3n) is 3.16. The zero-order valence-electron chi connectivity index (χ0n) is 10.0. The highest BCUT2D eigenvalue weighted by Crippen LogP contribution is 2.36. The van der Waals surface area contributed by atoms with Crippen molar-refractivity contribution in [3.63, 3.8) is 0 Å². The Balaban J connectivity index is 2.01. The highest BCUT2D eigenvalue weighted by atomic mass is 32.2. The predicted molar refractivity (Wildman–Crippen MR) is 76.1 cm³/mol. The molecule has 0 saturated heterocycles. The first-order valence-electron chi connectivity index (χ1n) is 5.91. The molecule has 4 heteroatoms. The number of nitrogens with zero attached hydrogens (tertiary/aromatic N) is 2. The van der Waals surface area contributed by atoms with Crippen molar-refractivity contribution < 1.29 is 0 Å². The standard InChI is InChI=1S/C13H19N3S/c1-3-7-16(8-4-2)10-5-6-11-12(9-10)17-13(14)15-11/h3-4,6,10,12H,1-2,5,7-9H2,(H2,14,15). The minimum absolute atomic E-state index is 0.450. The molecule has 3 nitrogen and oxygen atoms in total. The van der Waals surface area contributed by atoms with E-state index in [2.05, 4.69) is 29.1 Å². The molecule has 1 heterocycles. The third-order valence-corrected chi connectivity index (χ3v) is 4.21. The van der Waals surface area contributed by atoms with Gasteiger partial charge in [0, 0.05) is 19.1 Å². The Hall–Kier alpha value is -1.000. The highest BCUT2D eigenvalue weighted by molar-refractivity contribution is 8.14. The average molecular weight is 249 g/mol. The smallest absolute Gasteiger partial charge is 0.159 e. The van der Waals surface area contributed by atoms with Crippen molar-refractivity contribution in [1.29, 1.82) is 0 Å². The van der Waals surface area contributed by atoms with Crippen molar-refractivity contribution in [2.24, 2.45) is 10.7 Å². The summed E-state index contributed by atoms with van der Waals surface area (Å²) in [5, 5.41) is 1.16. The first kappa shape index (κ1) is 12.5. The lowest BCUT2D eigenvalue weighted by Crippen LogP contribution is -2.39. The van der Waals surface area contributed by atoms with Crippen LogP contribution in [-0.4, -0.2) is 34.4 Å². The van der Waals surface area contributed by atoms with Gasteiger partial charge in [0.15, 0.2) is 5.17 Å². The van der Waals surface area contributed by atoms with E-state index in [0.717, 1.165) is 25.9 Å². The molecule has 0 fully saturated rings. The maximum atomic E-state index is 5.76. The van der Waals surface area contributed by atoms with Crippen LogP contribution in [0.4, 0.5) is 0 Å². The molecule has 2 atom stereocenters. The van der Waals surface area contributed by atoms with Gasteiger partial charge in [-0.1, -0.05) is 30.0 Å². The average Bonchev–Trinajstić information content (AvgIpc) is 2.67. The van der Waals surface area contributed by atoms with Crippen LogP contribution in [0.2, 0.25) is 0 Å². The quantitative estimate of drug-likeness (QED) is 0.759. The van der Waals surface area contributed by atoms with E-state index in [1.807, 2.05) is 12.2 Å². The van der Waals surface area contributed by atoms with E-state index in [9.17, 15) is 0 Å². The number of nitrogens with two attached hydrogens (primary N) is 1. The maximum Gasteiger partial charge on any atom is 0.159 e. The molecule has 2 N–H and O–H groups in total. The number of hydrogen-bond donors (Lipinski definition) is 1. The summed E-state index contributed by atoms with van der Waals surface area (Å²) >= 11 is 1.69. The van der Waals surface area contributed by atoms with Crippen molar-refractivity contribution >= 4 is 16.9 Å². The lowest BCUT2D eigenvalue weighted by molar-refractivity contribution is 0.225. The molecule has 1 aliphatic carbocycles. The fraction of sp³-hybridized carbons (Fsp3) is 0.462. The first-order chi connectivity index (χ1) is 8.24. The van der Waals surface area contributed by atoms with Gasteiger partial charge in [-0.3, -0.25) is 4.90 Å². The fourth-order valence-electron chi connectivity index (χ4n) is 2.38. The third kappa shape index (κ3) is 2.82. The van der Waals surface area contributed by atoms with Crippen LogP contribution in [0, 0.1) is 0 Å². The number of hydrogen-bond acceptors (Lipinski definition) is 4. The van der Waals surface area contributed by atoms with E-state index in [1.54, 1.807) is 11.8 Å². The van der Waals surface area contributed by atoms with E-state index in [-0.39, 0.29) is 0 Å². The van der Waals surface area contributed by atoms with Gasteiger partial charge in [0.1, 0.15) is 0 Å². The van der Waals surface area contributed by atoms with Crippen LogP contribution in [0.5, 0.6) is 0 Å². The van der Waals surface area contributed by atoms with Crippen LogP contribution in [-0.2, 0) is 0 Å². The van der Waals surface area contributed by atoms with E-state index < -0.39 is 0 Å². The van der Waals surface area contributed by atoms with Crippen molar-refractivity contribution in [2.75, 3.05) is 13.1 Å². The first-order valence-corrected chi connectivity index (χ1v) is 6.79. The Kier molecular flexibility index (Phi) is 4.07. The van der Waals surface area contributed by atoms with Gasteiger partial charge in [-0.05, 0) is 12.8 Å². The van der Waals surface area contributed by atoms with Crippen molar-refractivity contribution in [2.45, 2.75) is 24.1 Å². The monoisotopic (exact) mass is 249 g/mol. The number of fused-ring (bicyclic) bond motifs is 1. The Labute approximate surface area is 107 Å². The molecule has 92 valence electrons. The second kappa shape index (κ2) is 5.56. The molecule has 0 amide bonds. The molecule has 0 aromatic rings. The van der Waals surface area contributed by atoms with Crippen LogP contribution >= 0.6 is 11.8 Å². The number of aliphatic imine (C=N–C) groups is 1. The molecule has 0 aromatic heterocycles. The summed E-state index contributed by atoms with van der Waals surface area (Å²) < 4.78 is 0. The summed E-state index contributed by atoms with van der Waals surface area (Å²) in [6.45, 7) is 9.45. The predicted octanol–water partition coefficient (Wildman–Crippen LogP) is 2.14. The van der Waals surface area contributed by atoms with Crippen LogP contribution < -0.4 is 5.73 Å². The summed E-state index contributed by atoms with van der Waals surface area (Å²) in [5.41, 5.74) is 6.93. The van der Waals surface area contributed by atoms with E-state index in [4.69, 9.17) is 5.73 Å². The number of thioether (sulfide) groups is 1. The Morgan fingerprint density at radius 1 is 1.47 bits per heavy atom. The summed E-state index contributed by atoms with van der Waals surface area (Å²) in [4.78, 5) is 6.76. The van der Waals surface area contributed by atoms with Crippen LogP contribution in [0.25, 0.3) is 0 Å². The van der Waals surface area contributed by atoms with Gasteiger partial charge >= 0.3 is 0 Å². The normalized spacial score (nSPS) is 27.4. The summed E-state index contributed by atoms with van der Waals surface area (Å²) in [7, 11) is 0. The molecule has 1 aliphatic heterocycles. The van der Waals surface area contributed by atoms with Gasteiger partial charge in [-0.15, -0.1) is 13.2 Å². The van der Waals surface area contributed by atoms with Gasteiger partial charge in [-0.25, -0.2) is 4.99 Å². The summed E-state index contributed by atoms with van der Waals surface area (Å²) in [6, 6.07) is 0.549. The molecule has 2 rings (SSSR count). The van der Waals surface area contributed by atoms with Gasteiger partial charge in [0.25, 0.3) is 0 Å². The van der Waals surface area contributed by atoms with E-state index in [0.29, 0.717) is 16.5 Å². The summed E-state index contributed by atoms with van der Waals surface area (Å²) in [5.74, 6) is 0. The Morgan fingerprint density at radius 3 is 2.82 bits per heavy atom. The topological polar surface area (TPSA) is 41.6 Å². The zero-order valence-corrected chi connectivity index (χ0v) is 10.8. The van der Waals surface area contributed by atoms with Crippen LogP contribution in [0.3, 0.4) is 0 Å². The second-order valence-corrected chi connectivity index (χ2v) is 5.57. The Morgan fingerprint density at radius 2 is 2.18 bits per heavy atom. The van der Waals surface area contributed by atoms with Gasteiger partial charge in [0.2, 0.25) is 0 Å². The number of amidine groups is 1. The van der Waals surface area contributed by atoms with Crippen LogP contribution in [0.15, 0.2) is 42.1 Å². The second-order valence-electron chi connectivity index (χ2n) is 4.34. The van der Waals surface area contributed by atoms with Gasteiger partial charge in [0.05, 0.1) is 10.9 Å². The zero-order chi connectivity index (χ0) is 12.3. The molecular formula is C13H19N3S. The van der Waals surface area contributed by atoms with Crippen molar-refractivity contribution in [1.82, 2.24) is 4.90 Å². The lowest BCUT2D eigenvalue weighted by atomic mass is 9.97. The molecule has 0 saturated carbocycles. The van der Waals surface area contributed by atoms with Crippen LogP contribution in [0.1, 0.15) is 12.8 Å². The fourth-order valence-corrected chi connectivity index (χ4v) is 3.42. The van der Waals surface area contributed by atoms with E-state index in [1.165, 1.54) is 5.70 Å². The largest absolute Gasteiger partial charge is 0.378 e. The molecule has 2 unspecified atom stereocenters. The molecule has 0 spiro atoms. The highest BCUT2D eigenvalue weighted by Gasteiger charge is 2.31. The molecule has 0 bridgehead atoms. The van der Waals surface area contributed by atoms with Gasteiger partial charge < -0.3 is 5.73 Å². The molecule has 0 aromatic carbocycles. The van der Waals surface area contributed by atoms with Gasteiger partial charge in [-0.2, -0.15) is 0 Å². The SMILES string of the molecule is C=CCN(CC=C)C1CC=C2N=C(N)SC2C1. The minimum Gasteiger partial charge on any atom is -0.378 e. The maximum absolute atomic E-state index is 5.76. The molecular weight excluding hydrogens is 230 g/mol. The van der Waals surface area contributed by atoms with Crippen molar-refractivity contribution in [3.8, 4) is 0 Å². The summed E-state index contributed by atoms with van der Waals surface area (Å²) in [6.07, 6.45) is 8.29. The number of rotatable bonds is 5. The Bertz CT molecular complexity index is 363. The lowest BCUT2D eigenvalue weighted by Gasteiger charge is -2.33. The molecule has 0 radical (unpaired) electrons. The van der Waals surface area contributed by atoms with Crippen molar-refractivity contribution in [3.05, 3.63) is 37.1 Å². The molecule has 17 heavy (non-hydrogen) atoms. The molecule has 2 aliphatic rings. The van der Waals surface area contributed by atoms with E-state index >= 15 is 0 Å².